The summed E-state index contributed by atoms with van der Waals surface area (Å²) in [5.41, 5.74) is 1.11. The first-order valence-electron chi connectivity index (χ1n) is 17.8. The van der Waals surface area contributed by atoms with Crippen LogP contribution in [0, 0.1) is 17.8 Å². The second-order valence-corrected chi connectivity index (χ2v) is 16.0. The first-order valence-corrected chi connectivity index (χ1v) is 19.8. The van der Waals surface area contributed by atoms with E-state index in [4.69, 9.17) is 4.74 Å². The van der Waals surface area contributed by atoms with Gasteiger partial charge in [-0.2, -0.15) is 0 Å². The van der Waals surface area contributed by atoms with Crippen molar-refractivity contribution >= 4 is 51.2 Å². The summed E-state index contributed by atoms with van der Waals surface area (Å²) in [6.45, 7) is 13.8. The number of hydrogen-bond acceptors (Lipinski definition) is 9. The van der Waals surface area contributed by atoms with Crippen molar-refractivity contribution in [2.45, 2.75) is 99.6 Å². The standard InChI is InChI=1S/C33H51N5O9S.C3H8.3H2/c1-22(2)20-37(16-17-48(6,45)46)33(44)47-21-25-11-13-26(14-12-25)36-31(42)24(5)35-29(40)19-34-28(39)10-8-7-9-15-38-30(41)18-27(23(3)4)32(38)43;1-3-2;;;/h11-14,22-24,27H,7-10,15-21H2,1-6H3,(H,34,39)(H,35,40)(H,36,42);3H2,1-2H3;3*1H/t24-,27?;;;;/m0..../s1. The van der Waals surface area contributed by atoms with Gasteiger partial charge in [0, 0.05) is 54.6 Å². The van der Waals surface area contributed by atoms with Crippen LogP contribution in [0.5, 0.6) is 0 Å². The lowest BCUT2D eigenvalue weighted by molar-refractivity contribution is -0.140. The molecule has 14 nitrogen and oxygen atoms in total. The second-order valence-electron chi connectivity index (χ2n) is 13.7. The average molecular weight is 744 g/mol. The van der Waals surface area contributed by atoms with Crippen LogP contribution >= 0.6 is 0 Å². The molecule has 2 rings (SSSR count). The third kappa shape index (κ3) is 18.2. The van der Waals surface area contributed by atoms with Crippen molar-refractivity contribution in [2.75, 3.05) is 43.5 Å². The Morgan fingerprint density at radius 1 is 0.980 bits per heavy atom. The maximum absolute atomic E-state index is 12.6. The molecule has 0 aromatic heterocycles. The molecule has 3 N–H and O–H groups in total. The van der Waals surface area contributed by atoms with Crippen molar-refractivity contribution in [3.8, 4) is 0 Å². The summed E-state index contributed by atoms with van der Waals surface area (Å²) in [4.78, 5) is 76.8. The fourth-order valence-electron chi connectivity index (χ4n) is 4.97. The molecular weight excluding hydrogens is 678 g/mol. The Labute approximate surface area is 308 Å². The molecule has 0 saturated carbocycles. The molecule has 51 heavy (non-hydrogen) atoms. The number of ether oxygens (including phenoxy) is 1. The van der Waals surface area contributed by atoms with Crippen molar-refractivity contribution in [1.29, 1.82) is 0 Å². The van der Waals surface area contributed by atoms with E-state index < -0.39 is 33.8 Å². The van der Waals surface area contributed by atoms with E-state index >= 15 is 0 Å². The van der Waals surface area contributed by atoms with E-state index in [9.17, 15) is 37.2 Å². The maximum atomic E-state index is 12.6. The molecule has 2 atom stereocenters. The van der Waals surface area contributed by atoms with Crippen LogP contribution in [0.1, 0.15) is 96.8 Å². The lowest BCUT2D eigenvalue weighted by atomic mass is 9.94. The van der Waals surface area contributed by atoms with E-state index in [0.29, 0.717) is 43.6 Å². The van der Waals surface area contributed by atoms with E-state index in [1.54, 1.807) is 24.3 Å². The third-order valence-electron chi connectivity index (χ3n) is 7.75. The van der Waals surface area contributed by atoms with Crippen molar-refractivity contribution in [3.05, 3.63) is 29.8 Å². The van der Waals surface area contributed by atoms with Gasteiger partial charge in [0.25, 0.3) is 0 Å². The summed E-state index contributed by atoms with van der Waals surface area (Å²) in [6, 6.07) is 5.68. The van der Waals surface area contributed by atoms with Crippen LogP contribution in [-0.2, 0) is 45.2 Å². The van der Waals surface area contributed by atoms with Crippen LogP contribution < -0.4 is 16.0 Å². The van der Waals surface area contributed by atoms with Crippen LogP contribution in [0.3, 0.4) is 0 Å². The maximum Gasteiger partial charge on any atom is 0.410 e. The zero-order valence-electron chi connectivity index (χ0n) is 31.6. The zero-order valence-corrected chi connectivity index (χ0v) is 32.4. The number of anilines is 1. The quantitative estimate of drug-likeness (QED) is 0.134. The van der Waals surface area contributed by atoms with Crippen molar-refractivity contribution in [2.24, 2.45) is 17.8 Å². The highest BCUT2D eigenvalue weighted by atomic mass is 32.2. The highest BCUT2D eigenvalue weighted by Gasteiger charge is 2.39. The van der Waals surface area contributed by atoms with Crippen molar-refractivity contribution in [1.82, 2.24) is 20.4 Å². The van der Waals surface area contributed by atoms with Gasteiger partial charge in [0.1, 0.15) is 22.5 Å². The molecule has 0 bridgehead atoms. The number of hydrogen-bond donors (Lipinski definition) is 3. The monoisotopic (exact) mass is 743 g/mol. The Morgan fingerprint density at radius 2 is 1.61 bits per heavy atom. The van der Waals surface area contributed by atoms with Gasteiger partial charge in [-0.25, -0.2) is 13.2 Å². The minimum absolute atomic E-state index is 0. The van der Waals surface area contributed by atoms with Gasteiger partial charge in [-0.3, -0.25) is 28.9 Å². The average Bonchev–Trinajstić information content (AvgIpc) is 3.33. The predicted octanol–water partition coefficient (Wildman–Crippen LogP) is 4.63. The molecule has 1 heterocycles. The van der Waals surface area contributed by atoms with Crippen LogP contribution in [0.15, 0.2) is 24.3 Å². The number of likely N-dealkylation sites (tertiary alicyclic amines) is 1. The number of nitrogens with zero attached hydrogens (tertiary/aromatic N) is 2. The number of carbonyl (C=O) groups excluding carboxylic acids is 6. The number of sulfone groups is 1. The van der Waals surface area contributed by atoms with E-state index in [0.717, 1.165) is 6.26 Å². The topological polar surface area (TPSA) is 188 Å². The molecule has 1 aromatic rings. The van der Waals surface area contributed by atoms with Crippen LogP contribution in [0.4, 0.5) is 10.5 Å². The first-order chi connectivity index (χ1) is 23.9. The summed E-state index contributed by atoms with van der Waals surface area (Å²) < 4.78 is 28.4. The van der Waals surface area contributed by atoms with Gasteiger partial charge < -0.3 is 25.6 Å². The molecule has 1 saturated heterocycles. The molecule has 1 aliphatic heterocycles. The minimum atomic E-state index is -3.24. The Morgan fingerprint density at radius 3 is 2.16 bits per heavy atom. The number of benzene rings is 1. The fraction of sp³-hybridized carbons (Fsp3) is 0.667. The van der Waals surface area contributed by atoms with Gasteiger partial charge in [0.05, 0.1) is 12.3 Å². The van der Waals surface area contributed by atoms with Gasteiger partial charge in [-0.05, 0) is 49.3 Å². The summed E-state index contributed by atoms with van der Waals surface area (Å²) in [5, 5.41) is 7.75. The molecule has 15 heteroatoms. The largest absolute Gasteiger partial charge is 0.445 e. The first kappa shape index (κ1) is 45.0. The highest BCUT2D eigenvalue weighted by molar-refractivity contribution is 7.90. The summed E-state index contributed by atoms with van der Waals surface area (Å²) >= 11 is 0. The number of nitrogens with one attached hydrogen (secondary N) is 3. The van der Waals surface area contributed by atoms with Gasteiger partial charge >= 0.3 is 6.09 Å². The van der Waals surface area contributed by atoms with E-state index in [-0.39, 0.29) is 78.0 Å². The molecule has 0 radical (unpaired) electrons. The van der Waals surface area contributed by atoms with E-state index in [1.165, 1.54) is 23.1 Å². The molecule has 294 valence electrons. The zero-order chi connectivity index (χ0) is 38.7. The molecule has 1 unspecified atom stereocenters. The second kappa shape index (κ2) is 22.7. The van der Waals surface area contributed by atoms with Gasteiger partial charge in [0.15, 0.2) is 0 Å². The molecule has 0 aliphatic carbocycles. The normalized spacial score (nSPS) is 14.9. The van der Waals surface area contributed by atoms with Crippen molar-refractivity contribution < 1.29 is 46.2 Å². The lowest BCUT2D eigenvalue weighted by Gasteiger charge is -2.23. The van der Waals surface area contributed by atoms with Crippen molar-refractivity contribution in [3.63, 3.8) is 0 Å². The fourth-order valence-corrected chi connectivity index (χ4v) is 5.52. The van der Waals surface area contributed by atoms with Crippen LogP contribution in [-0.4, -0.2) is 98.1 Å². The Hall–Kier alpha value is -4.01. The highest BCUT2D eigenvalue weighted by Crippen LogP contribution is 2.26. The van der Waals surface area contributed by atoms with Gasteiger partial charge in [-0.15, -0.1) is 0 Å². The number of rotatable bonds is 19. The number of carbonyl (C=O) groups is 6. The Bertz CT molecular complexity index is 1430. The van der Waals surface area contributed by atoms with Gasteiger partial charge in [-0.1, -0.05) is 66.5 Å². The van der Waals surface area contributed by atoms with E-state index in [2.05, 4.69) is 29.8 Å². The predicted molar refractivity (Wildman–Crippen MR) is 202 cm³/mol. The van der Waals surface area contributed by atoms with Crippen LogP contribution in [0.25, 0.3) is 0 Å². The number of amides is 6. The minimum Gasteiger partial charge on any atom is -0.445 e. The molecular formula is C36H65N5O9S. The molecule has 6 amide bonds. The lowest BCUT2D eigenvalue weighted by Crippen LogP contribution is -2.45. The Kier molecular flexibility index (Phi) is 20.1. The molecule has 0 spiro atoms. The SMILES string of the molecule is CC(C)CN(CCS(C)(=O)=O)C(=O)OCc1ccc(NC(=O)[C@H](C)NC(=O)CNC(=O)CCCCCN2C(=O)CC(C(C)C)C2=O)cc1.CCC.[HH].[HH].[HH]. The number of unbranched alkanes of at least 4 members (excludes halogenated alkanes) is 2. The molecule has 1 aliphatic rings. The summed E-state index contributed by atoms with van der Waals surface area (Å²) in [6.07, 6.45) is 3.99. The Balaban J connectivity index is -0.00000418. The summed E-state index contributed by atoms with van der Waals surface area (Å²) in [7, 11) is -3.24. The molecule has 1 fully saturated rings. The number of imide groups is 1. The summed E-state index contributed by atoms with van der Waals surface area (Å²) in [5.74, 6) is -1.76. The molecule has 1 aromatic carbocycles. The van der Waals surface area contributed by atoms with E-state index in [1.807, 2.05) is 27.7 Å². The van der Waals surface area contributed by atoms with Gasteiger partial charge in [0.2, 0.25) is 29.5 Å². The third-order valence-corrected chi connectivity index (χ3v) is 8.67. The smallest absolute Gasteiger partial charge is 0.410 e. The van der Waals surface area contributed by atoms with Crippen LogP contribution in [0.2, 0.25) is 0 Å².